The first-order valence-electron chi connectivity index (χ1n) is 15.6. The van der Waals surface area contributed by atoms with Crippen LogP contribution in [0, 0.1) is 0 Å². The van der Waals surface area contributed by atoms with Crippen molar-refractivity contribution in [3.8, 4) is 0 Å². The van der Waals surface area contributed by atoms with Crippen LogP contribution in [0.4, 0.5) is 0 Å². The van der Waals surface area contributed by atoms with Crippen molar-refractivity contribution in [2.24, 2.45) is 0 Å². The van der Waals surface area contributed by atoms with Crippen LogP contribution in [0.15, 0.2) is 0 Å². The molecular weight excluding hydrogens is 459 g/mol. The molecule has 0 aromatic heterocycles. The minimum absolute atomic E-state index is 0. The molecule has 0 bridgehead atoms. The predicted octanol–water partition coefficient (Wildman–Crippen LogP) is 5.89. The first kappa shape index (κ1) is 38.5. The maximum absolute atomic E-state index is 11.6. The van der Waals surface area contributed by atoms with Crippen LogP contribution in [0.25, 0.3) is 0 Å². The molecule has 0 unspecified atom stereocenters. The van der Waals surface area contributed by atoms with Crippen molar-refractivity contribution >= 4 is 5.97 Å². The first-order valence-corrected chi connectivity index (χ1v) is 15.6. The zero-order valence-electron chi connectivity index (χ0n) is 25.0. The largest absolute Gasteiger partial charge is 1.00 e. The van der Waals surface area contributed by atoms with E-state index >= 15 is 0 Å². The molecule has 210 valence electrons. The molecule has 0 saturated heterocycles. The molecule has 0 radical (unpaired) electrons. The minimum atomic E-state index is -1.62. The van der Waals surface area contributed by atoms with Crippen molar-refractivity contribution < 1.29 is 48.9 Å². The van der Waals surface area contributed by atoms with Gasteiger partial charge in [0.25, 0.3) is 0 Å². The van der Waals surface area contributed by atoms with Gasteiger partial charge in [-0.3, -0.25) is 0 Å². The van der Waals surface area contributed by atoms with Crippen molar-refractivity contribution in [2.75, 3.05) is 13.2 Å². The maximum Gasteiger partial charge on any atom is 1.00 e. The van der Waals surface area contributed by atoms with Crippen LogP contribution in [0.3, 0.4) is 0 Å². The number of hydrogen-bond acceptors (Lipinski definition) is 4. The van der Waals surface area contributed by atoms with Gasteiger partial charge in [0.05, 0.1) is 13.2 Å². The van der Waals surface area contributed by atoms with Gasteiger partial charge in [-0.05, 0) is 19.8 Å². The summed E-state index contributed by atoms with van der Waals surface area (Å²) in [6.07, 6.45) is 30.6. The molecule has 0 N–H and O–H groups in total. The second-order valence-corrected chi connectivity index (χ2v) is 10.7. The van der Waals surface area contributed by atoms with Gasteiger partial charge in [0.2, 0.25) is 5.79 Å². The standard InChI is InChI=1S/C31H62O4.Na/c1-4-6-8-10-12-14-16-18-20-22-24-26-28-34-31(3,30(32)33)35-29-27-25-23-21-19-17-15-13-11-9-7-5-2;/h4-29H2,1-3H3,(H,32,33);/q;+1/p-1. The molecule has 0 aliphatic rings. The summed E-state index contributed by atoms with van der Waals surface area (Å²) in [5.41, 5.74) is 0. The van der Waals surface area contributed by atoms with E-state index in [1.807, 2.05) is 0 Å². The third-order valence-corrected chi connectivity index (χ3v) is 7.12. The average molecular weight is 521 g/mol. The molecule has 0 heterocycles. The fourth-order valence-electron chi connectivity index (χ4n) is 4.58. The average Bonchev–Trinajstić information content (AvgIpc) is 2.84. The van der Waals surface area contributed by atoms with Gasteiger partial charge in [0.1, 0.15) is 5.97 Å². The van der Waals surface area contributed by atoms with E-state index in [9.17, 15) is 9.90 Å². The van der Waals surface area contributed by atoms with Gasteiger partial charge in [0, 0.05) is 0 Å². The number of carboxylic acid groups (broad SMARTS) is 1. The Hall–Kier alpha value is 0.390. The topological polar surface area (TPSA) is 58.6 Å². The van der Waals surface area contributed by atoms with E-state index in [0.29, 0.717) is 13.2 Å². The third-order valence-electron chi connectivity index (χ3n) is 7.12. The fraction of sp³-hybridized carbons (Fsp3) is 0.968. The van der Waals surface area contributed by atoms with Crippen LogP contribution in [-0.2, 0) is 14.3 Å². The second-order valence-electron chi connectivity index (χ2n) is 10.7. The zero-order valence-corrected chi connectivity index (χ0v) is 27.0. The van der Waals surface area contributed by atoms with Gasteiger partial charge in [0.15, 0.2) is 0 Å². The van der Waals surface area contributed by atoms with Crippen molar-refractivity contribution in [2.45, 2.75) is 181 Å². The summed E-state index contributed by atoms with van der Waals surface area (Å²) in [6, 6.07) is 0. The molecule has 4 nitrogen and oxygen atoms in total. The maximum atomic E-state index is 11.6. The molecule has 0 spiro atoms. The summed E-state index contributed by atoms with van der Waals surface area (Å²) in [5, 5.41) is 11.6. The van der Waals surface area contributed by atoms with Gasteiger partial charge in [-0.2, -0.15) is 0 Å². The van der Waals surface area contributed by atoms with Gasteiger partial charge >= 0.3 is 29.6 Å². The van der Waals surface area contributed by atoms with E-state index in [-0.39, 0.29) is 29.6 Å². The fourth-order valence-corrected chi connectivity index (χ4v) is 4.58. The summed E-state index contributed by atoms with van der Waals surface area (Å²) < 4.78 is 11.2. The van der Waals surface area contributed by atoms with Gasteiger partial charge in [-0.25, -0.2) is 0 Å². The number of carboxylic acids is 1. The Balaban J connectivity index is 0. The zero-order chi connectivity index (χ0) is 25.9. The number of carbonyl (C=O) groups excluding carboxylic acids is 1. The Bertz CT molecular complexity index is 414. The summed E-state index contributed by atoms with van der Waals surface area (Å²) in [7, 11) is 0. The number of rotatable bonds is 29. The summed E-state index contributed by atoms with van der Waals surface area (Å²) in [5.74, 6) is -2.88. The summed E-state index contributed by atoms with van der Waals surface area (Å²) >= 11 is 0. The second kappa shape index (κ2) is 29.9. The Morgan fingerprint density at radius 3 is 0.944 bits per heavy atom. The molecule has 0 aromatic carbocycles. The van der Waals surface area contributed by atoms with E-state index in [0.717, 1.165) is 25.7 Å². The van der Waals surface area contributed by atoms with Crippen molar-refractivity contribution in [3.63, 3.8) is 0 Å². The van der Waals surface area contributed by atoms with Crippen LogP contribution >= 0.6 is 0 Å². The van der Waals surface area contributed by atoms with E-state index in [1.54, 1.807) is 0 Å². The quantitative estimate of drug-likeness (QED) is 0.0701. The Labute approximate surface area is 247 Å². The van der Waals surface area contributed by atoms with Crippen molar-refractivity contribution in [3.05, 3.63) is 0 Å². The molecule has 0 fully saturated rings. The Morgan fingerprint density at radius 1 is 0.500 bits per heavy atom. The van der Waals surface area contributed by atoms with Crippen molar-refractivity contribution in [1.29, 1.82) is 0 Å². The molecule has 0 saturated carbocycles. The smallest absolute Gasteiger partial charge is 0.544 e. The van der Waals surface area contributed by atoms with Crippen LogP contribution in [-0.4, -0.2) is 25.0 Å². The molecular formula is C31H61NaO4. The summed E-state index contributed by atoms with van der Waals surface area (Å²) in [4.78, 5) is 11.6. The van der Waals surface area contributed by atoms with Crippen LogP contribution < -0.4 is 34.7 Å². The predicted molar refractivity (Wildman–Crippen MR) is 147 cm³/mol. The van der Waals surface area contributed by atoms with E-state index < -0.39 is 11.8 Å². The summed E-state index contributed by atoms with van der Waals surface area (Å²) in [6.45, 7) is 6.85. The normalized spacial score (nSPS) is 11.5. The van der Waals surface area contributed by atoms with Crippen LogP contribution in [0.1, 0.15) is 175 Å². The Morgan fingerprint density at radius 2 is 0.722 bits per heavy atom. The number of aliphatic carboxylic acids is 1. The molecule has 0 aliphatic carbocycles. The molecule has 0 aromatic rings. The molecule has 36 heavy (non-hydrogen) atoms. The number of hydrogen-bond donors (Lipinski definition) is 0. The Kier molecular flexibility index (Phi) is 32.0. The number of unbranched alkanes of at least 4 members (excludes halogenated alkanes) is 22. The van der Waals surface area contributed by atoms with E-state index in [4.69, 9.17) is 9.47 Å². The van der Waals surface area contributed by atoms with Gasteiger partial charge in [-0.15, -0.1) is 0 Å². The van der Waals surface area contributed by atoms with Crippen LogP contribution in [0.5, 0.6) is 0 Å². The first-order chi connectivity index (χ1) is 17.1. The van der Waals surface area contributed by atoms with Gasteiger partial charge < -0.3 is 19.4 Å². The molecule has 5 heteroatoms. The molecule has 0 aliphatic heterocycles. The SMILES string of the molecule is CCCCCCCCCCCCCCOC(C)(OCCCCCCCCCCCCCC)C(=O)[O-].[Na+]. The van der Waals surface area contributed by atoms with E-state index in [2.05, 4.69) is 13.8 Å². The molecule has 0 rings (SSSR count). The molecule has 0 atom stereocenters. The van der Waals surface area contributed by atoms with E-state index in [1.165, 1.54) is 135 Å². The third kappa shape index (κ3) is 26.0. The monoisotopic (exact) mass is 520 g/mol. The number of carbonyl (C=O) groups is 1. The number of ether oxygens (including phenoxy) is 2. The molecule has 0 amide bonds. The van der Waals surface area contributed by atoms with Crippen LogP contribution in [0.2, 0.25) is 0 Å². The minimum Gasteiger partial charge on any atom is -0.544 e. The van der Waals surface area contributed by atoms with Crippen molar-refractivity contribution in [1.82, 2.24) is 0 Å². The van der Waals surface area contributed by atoms with Gasteiger partial charge in [-0.1, -0.05) is 155 Å².